The van der Waals surface area contributed by atoms with Crippen molar-refractivity contribution in [3.05, 3.63) is 53.8 Å². The van der Waals surface area contributed by atoms with Gasteiger partial charge in [0, 0.05) is 31.1 Å². The molecule has 1 aliphatic heterocycles. The van der Waals surface area contributed by atoms with E-state index in [-0.39, 0.29) is 11.7 Å². The maximum atomic E-state index is 13.7. The van der Waals surface area contributed by atoms with E-state index in [1.165, 1.54) is 23.5 Å². The lowest BCUT2D eigenvalue weighted by Gasteiger charge is -2.29. The molecule has 158 valence electrons. The maximum Gasteiger partial charge on any atom is 0.261 e. The average Bonchev–Trinajstić information content (AvgIpc) is 3.18. The lowest BCUT2D eigenvalue weighted by molar-refractivity contribution is 0.0391. The van der Waals surface area contributed by atoms with Gasteiger partial charge >= 0.3 is 0 Å². The molecule has 0 unspecified atom stereocenters. The second-order valence-corrected chi connectivity index (χ2v) is 9.26. The number of morpholine rings is 1. The molecule has 0 bridgehead atoms. The first kappa shape index (κ1) is 21.2. The number of carbonyl (C=O) groups is 1. The number of aromatic nitrogens is 1. The van der Waals surface area contributed by atoms with E-state index in [0.717, 1.165) is 35.0 Å². The van der Waals surface area contributed by atoms with Crippen LogP contribution in [0.2, 0.25) is 0 Å². The van der Waals surface area contributed by atoms with Gasteiger partial charge in [-0.05, 0) is 36.1 Å². The number of hydrogen-bond acceptors (Lipinski definition) is 6. The first-order valence-electron chi connectivity index (χ1n) is 10.1. The summed E-state index contributed by atoms with van der Waals surface area (Å²) in [6, 6.07) is 12.2. The van der Waals surface area contributed by atoms with Crippen LogP contribution in [0.25, 0.3) is 10.2 Å². The number of anilines is 1. The fourth-order valence-electron chi connectivity index (χ4n) is 3.42. The van der Waals surface area contributed by atoms with Crippen LogP contribution in [0.3, 0.4) is 0 Å². The number of halogens is 1. The molecule has 2 aromatic carbocycles. The molecule has 1 amide bonds. The highest BCUT2D eigenvalue weighted by Crippen LogP contribution is 2.32. The zero-order chi connectivity index (χ0) is 20.9. The van der Waals surface area contributed by atoms with Gasteiger partial charge in [-0.3, -0.25) is 14.6 Å². The molecule has 0 radical (unpaired) electrons. The molecular weight excluding hydrogens is 421 g/mol. The van der Waals surface area contributed by atoms with Crippen LogP contribution in [-0.4, -0.2) is 60.9 Å². The first-order chi connectivity index (χ1) is 14.7. The van der Waals surface area contributed by atoms with Gasteiger partial charge in [-0.15, -0.1) is 11.8 Å². The Bertz CT molecular complexity index is 1020. The molecule has 0 N–H and O–H groups in total. The van der Waals surface area contributed by atoms with Crippen LogP contribution < -0.4 is 4.90 Å². The number of amides is 1. The molecule has 0 spiro atoms. The summed E-state index contributed by atoms with van der Waals surface area (Å²) in [5.74, 6) is 0.520. The van der Waals surface area contributed by atoms with Crippen molar-refractivity contribution in [2.45, 2.75) is 11.8 Å². The third-order valence-corrected chi connectivity index (χ3v) is 6.97. The topological polar surface area (TPSA) is 45.7 Å². The first-order valence-corrected chi connectivity index (χ1v) is 11.9. The van der Waals surface area contributed by atoms with E-state index in [4.69, 9.17) is 4.74 Å². The van der Waals surface area contributed by atoms with Crippen molar-refractivity contribution in [2.24, 2.45) is 0 Å². The van der Waals surface area contributed by atoms with Crippen molar-refractivity contribution >= 4 is 44.4 Å². The monoisotopic (exact) mass is 445 g/mol. The molecule has 1 aliphatic rings. The third kappa shape index (κ3) is 4.83. The molecule has 5 nitrogen and oxygen atoms in total. The second-order valence-electron chi connectivity index (χ2n) is 6.95. The second kappa shape index (κ2) is 9.87. The van der Waals surface area contributed by atoms with Gasteiger partial charge in [0.25, 0.3) is 5.91 Å². The summed E-state index contributed by atoms with van der Waals surface area (Å²) < 4.78 is 19.8. The molecule has 8 heteroatoms. The van der Waals surface area contributed by atoms with Crippen LogP contribution in [-0.2, 0) is 4.74 Å². The molecule has 0 saturated carbocycles. The number of benzene rings is 2. The van der Waals surface area contributed by atoms with Crippen molar-refractivity contribution in [2.75, 3.05) is 50.0 Å². The predicted molar refractivity (Wildman–Crippen MR) is 121 cm³/mol. The van der Waals surface area contributed by atoms with Crippen LogP contribution in [0.4, 0.5) is 9.52 Å². The fourth-order valence-corrected chi connectivity index (χ4v) is 5.23. The number of hydrogen-bond donors (Lipinski definition) is 0. The minimum absolute atomic E-state index is 0.0701. The van der Waals surface area contributed by atoms with E-state index >= 15 is 0 Å². The summed E-state index contributed by atoms with van der Waals surface area (Å²) in [7, 11) is 0. The van der Waals surface area contributed by atoms with Crippen molar-refractivity contribution in [3.63, 3.8) is 0 Å². The highest BCUT2D eigenvalue weighted by atomic mass is 32.2. The van der Waals surface area contributed by atoms with Crippen molar-refractivity contribution < 1.29 is 13.9 Å². The van der Waals surface area contributed by atoms with Crippen molar-refractivity contribution in [3.8, 4) is 0 Å². The van der Waals surface area contributed by atoms with Crippen LogP contribution in [0.15, 0.2) is 47.4 Å². The minimum Gasteiger partial charge on any atom is -0.379 e. The van der Waals surface area contributed by atoms with Gasteiger partial charge in [-0.2, -0.15) is 0 Å². The Balaban J connectivity index is 1.66. The molecule has 2 heterocycles. The van der Waals surface area contributed by atoms with E-state index in [1.807, 2.05) is 24.3 Å². The predicted octanol–water partition coefficient (Wildman–Crippen LogP) is 4.53. The third-order valence-electron chi connectivity index (χ3n) is 4.98. The summed E-state index contributed by atoms with van der Waals surface area (Å²) in [4.78, 5) is 23.3. The minimum atomic E-state index is -0.298. The fraction of sp³-hybridized carbons (Fsp3) is 0.364. The van der Waals surface area contributed by atoms with Gasteiger partial charge < -0.3 is 4.74 Å². The summed E-state index contributed by atoms with van der Waals surface area (Å²) >= 11 is 3.01. The molecule has 30 heavy (non-hydrogen) atoms. The van der Waals surface area contributed by atoms with Gasteiger partial charge in [0.15, 0.2) is 5.13 Å². The normalized spacial score (nSPS) is 14.9. The smallest absolute Gasteiger partial charge is 0.261 e. The Morgan fingerprint density at radius 2 is 2.07 bits per heavy atom. The molecule has 0 atom stereocenters. The largest absolute Gasteiger partial charge is 0.379 e. The standard InChI is InChI=1S/C22H24FN3O2S2/c1-2-29-19-6-4-3-5-17(19)21(27)26(10-9-25-11-13-28-14-12-25)22-24-18-8-7-16(23)15-20(18)30-22/h3-8,15H,2,9-14H2,1H3. The highest BCUT2D eigenvalue weighted by Gasteiger charge is 2.24. The molecular formula is C22H24FN3O2S2. The number of fused-ring (bicyclic) bond motifs is 1. The molecule has 1 aromatic heterocycles. The number of thiazole rings is 1. The van der Waals surface area contributed by atoms with Crippen LogP contribution in [0.1, 0.15) is 17.3 Å². The van der Waals surface area contributed by atoms with Gasteiger partial charge in [0.2, 0.25) is 0 Å². The summed E-state index contributed by atoms with van der Waals surface area (Å²) in [5, 5.41) is 0.602. The zero-order valence-electron chi connectivity index (χ0n) is 16.8. The van der Waals surface area contributed by atoms with Crippen molar-refractivity contribution in [1.29, 1.82) is 0 Å². The Labute approximate surface area is 183 Å². The zero-order valence-corrected chi connectivity index (χ0v) is 18.5. The van der Waals surface area contributed by atoms with Gasteiger partial charge in [-0.25, -0.2) is 9.37 Å². The van der Waals surface area contributed by atoms with Crippen LogP contribution in [0, 0.1) is 5.82 Å². The Morgan fingerprint density at radius 1 is 1.27 bits per heavy atom. The highest BCUT2D eigenvalue weighted by molar-refractivity contribution is 7.99. The van der Waals surface area contributed by atoms with E-state index in [2.05, 4.69) is 16.8 Å². The van der Waals surface area contributed by atoms with Crippen LogP contribution in [0.5, 0.6) is 0 Å². The molecule has 3 aromatic rings. The van der Waals surface area contributed by atoms with Gasteiger partial charge in [0.05, 0.1) is 29.0 Å². The van der Waals surface area contributed by atoms with Gasteiger partial charge in [-0.1, -0.05) is 30.4 Å². The van der Waals surface area contributed by atoms with E-state index in [1.54, 1.807) is 22.7 Å². The van der Waals surface area contributed by atoms with E-state index in [0.29, 0.717) is 36.0 Å². The lowest BCUT2D eigenvalue weighted by atomic mass is 10.2. The molecule has 4 rings (SSSR count). The van der Waals surface area contributed by atoms with E-state index < -0.39 is 0 Å². The van der Waals surface area contributed by atoms with Gasteiger partial charge in [0.1, 0.15) is 5.82 Å². The lowest BCUT2D eigenvalue weighted by Crippen LogP contribution is -2.43. The number of thioether (sulfide) groups is 1. The maximum absolute atomic E-state index is 13.7. The molecule has 0 aliphatic carbocycles. The SMILES string of the molecule is CCSc1ccccc1C(=O)N(CCN1CCOCC1)c1nc2ccc(F)cc2s1. The summed E-state index contributed by atoms with van der Waals surface area (Å²) in [6.45, 7) is 6.47. The van der Waals surface area contributed by atoms with E-state index in [9.17, 15) is 9.18 Å². The Kier molecular flexibility index (Phi) is 6.99. The quantitative estimate of drug-likeness (QED) is 0.500. The number of carbonyl (C=O) groups excluding carboxylic acids is 1. The Hall–Kier alpha value is -2.00. The average molecular weight is 446 g/mol. The number of ether oxygens (including phenoxy) is 1. The molecule has 1 saturated heterocycles. The summed E-state index contributed by atoms with van der Waals surface area (Å²) in [6.07, 6.45) is 0. The number of rotatable bonds is 7. The van der Waals surface area contributed by atoms with Crippen LogP contribution >= 0.6 is 23.1 Å². The Morgan fingerprint density at radius 3 is 2.87 bits per heavy atom. The number of nitrogens with zero attached hydrogens (tertiary/aromatic N) is 3. The molecule has 1 fully saturated rings. The van der Waals surface area contributed by atoms with Crippen molar-refractivity contribution in [1.82, 2.24) is 9.88 Å². The summed E-state index contributed by atoms with van der Waals surface area (Å²) in [5.41, 5.74) is 1.38.